The number of nitrogens with zero attached hydrogens (tertiary/aromatic N) is 1. The highest BCUT2D eigenvalue weighted by Crippen LogP contribution is 2.43. The molecule has 0 aliphatic carbocycles. The van der Waals surface area contributed by atoms with E-state index in [-0.39, 0.29) is 25.6 Å². The van der Waals surface area contributed by atoms with Gasteiger partial charge in [-0.05, 0) is 19.3 Å². The molecule has 0 saturated heterocycles. The lowest BCUT2D eigenvalue weighted by Gasteiger charge is -2.24. The second-order valence-corrected chi connectivity index (χ2v) is 19.7. The van der Waals surface area contributed by atoms with Gasteiger partial charge < -0.3 is 18.9 Å². The van der Waals surface area contributed by atoms with Crippen molar-refractivity contribution in [3.63, 3.8) is 0 Å². The number of rotatable bonds is 46. The van der Waals surface area contributed by atoms with Crippen LogP contribution in [-0.2, 0) is 32.7 Å². The first-order chi connectivity index (χ1) is 29.0. The van der Waals surface area contributed by atoms with Crippen LogP contribution in [0.3, 0.4) is 0 Å². The fraction of sp³-hybridized carbons (Fsp3) is 0.880. The summed E-state index contributed by atoms with van der Waals surface area (Å²) in [6, 6.07) is 0. The average Bonchev–Trinajstić information content (AvgIpc) is 3.20. The maximum Gasteiger partial charge on any atom is 0.472 e. The Morgan fingerprint density at radius 1 is 0.550 bits per heavy atom. The number of hydrogen-bond acceptors (Lipinski definition) is 7. The lowest BCUT2D eigenvalue weighted by Crippen LogP contribution is -2.37. The first kappa shape index (κ1) is 58.5. The quantitative estimate of drug-likeness (QED) is 0.0161. The highest BCUT2D eigenvalue weighted by Gasteiger charge is 2.26. The molecular formula is C50H97NO8P+. The molecule has 0 rings (SSSR count). The summed E-state index contributed by atoms with van der Waals surface area (Å²) in [5, 5.41) is 0. The highest BCUT2D eigenvalue weighted by molar-refractivity contribution is 7.47. The third-order valence-corrected chi connectivity index (χ3v) is 12.1. The molecule has 2 atom stereocenters. The second kappa shape index (κ2) is 42.8. The first-order valence-electron chi connectivity index (χ1n) is 25.1. The van der Waals surface area contributed by atoms with Gasteiger partial charge in [0, 0.05) is 12.5 Å². The van der Waals surface area contributed by atoms with Gasteiger partial charge in [0.05, 0.1) is 27.7 Å². The van der Waals surface area contributed by atoms with Gasteiger partial charge in [0.1, 0.15) is 19.8 Å². The molecule has 0 spiro atoms. The minimum atomic E-state index is -4.40. The molecule has 354 valence electrons. The molecule has 0 amide bonds. The number of unbranched alkanes of at least 4 members (excludes halogenated alkanes) is 31. The van der Waals surface area contributed by atoms with Gasteiger partial charge in [0.25, 0.3) is 0 Å². The molecule has 0 saturated carbocycles. The molecule has 0 fully saturated rings. The predicted octanol–water partition coefficient (Wildman–Crippen LogP) is 14.7. The van der Waals surface area contributed by atoms with Gasteiger partial charge in [-0.2, -0.15) is 0 Å². The number of likely N-dealkylation sites (N-methyl/N-ethyl adjacent to an activating group) is 1. The van der Waals surface area contributed by atoms with E-state index < -0.39 is 26.5 Å². The number of carbonyl (C=O) groups is 2. The zero-order chi connectivity index (χ0) is 44.3. The summed E-state index contributed by atoms with van der Waals surface area (Å²) in [5.74, 6) is -1.04. The predicted molar refractivity (Wildman–Crippen MR) is 252 cm³/mol. The Morgan fingerprint density at radius 2 is 0.950 bits per heavy atom. The van der Waals surface area contributed by atoms with Crippen molar-refractivity contribution < 1.29 is 42.1 Å². The van der Waals surface area contributed by atoms with Crippen molar-refractivity contribution in [2.45, 2.75) is 238 Å². The largest absolute Gasteiger partial charge is 0.472 e. The molecule has 0 heterocycles. The van der Waals surface area contributed by atoms with Crippen molar-refractivity contribution in [1.29, 1.82) is 0 Å². The van der Waals surface area contributed by atoms with Crippen molar-refractivity contribution >= 4 is 19.8 Å². The van der Waals surface area contributed by atoms with Crippen LogP contribution in [-0.4, -0.2) is 74.9 Å². The summed E-state index contributed by atoms with van der Waals surface area (Å²) in [6.45, 7) is 4.34. The third-order valence-electron chi connectivity index (χ3n) is 11.1. The lowest BCUT2D eigenvalue weighted by molar-refractivity contribution is -0.870. The van der Waals surface area contributed by atoms with E-state index >= 15 is 0 Å². The van der Waals surface area contributed by atoms with Gasteiger partial charge in [-0.15, -0.1) is 0 Å². The first-order valence-corrected chi connectivity index (χ1v) is 26.6. The van der Waals surface area contributed by atoms with Gasteiger partial charge in [-0.25, -0.2) is 9.36 Å². The van der Waals surface area contributed by atoms with E-state index in [4.69, 9.17) is 18.5 Å². The van der Waals surface area contributed by atoms with Crippen LogP contribution in [0.4, 0.5) is 0 Å². The number of esters is 2. The molecule has 0 aromatic carbocycles. The Bertz CT molecular complexity index is 1070. The van der Waals surface area contributed by atoms with Gasteiger partial charge in [-0.1, -0.05) is 225 Å². The molecule has 0 aliphatic rings. The number of ether oxygens (including phenoxy) is 2. The zero-order valence-electron chi connectivity index (χ0n) is 40.0. The van der Waals surface area contributed by atoms with E-state index in [0.29, 0.717) is 11.0 Å². The average molecular weight is 871 g/mol. The SMILES string of the molecule is CCCCCCCCCCCCC/C=C/C=C/C(=O)O[C@@H](COC(=O)CCCCCCCCCCCCCCCCCCCCCCC)COP(=O)(O)OCC[N+](C)(C)C. The van der Waals surface area contributed by atoms with E-state index in [2.05, 4.69) is 13.8 Å². The van der Waals surface area contributed by atoms with Crippen molar-refractivity contribution in [3.8, 4) is 0 Å². The lowest BCUT2D eigenvalue weighted by atomic mass is 10.0. The van der Waals surface area contributed by atoms with Gasteiger partial charge in [0.15, 0.2) is 6.10 Å². The second-order valence-electron chi connectivity index (χ2n) is 18.3. The van der Waals surface area contributed by atoms with Gasteiger partial charge >= 0.3 is 19.8 Å². The molecule has 0 aromatic heterocycles. The molecule has 0 bridgehead atoms. The molecule has 1 unspecified atom stereocenters. The molecule has 0 aliphatic heterocycles. The minimum Gasteiger partial charge on any atom is -0.462 e. The summed E-state index contributed by atoms with van der Waals surface area (Å²) in [5.41, 5.74) is 0. The topological polar surface area (TPSA) is 108 Å². The molecular weight excluding hydrogens is 774 g/mol. The van der Waals surface area contributed by atoms with Crippen molar-refractivity contribution in [3.05, 3.63) is 24.3 Å². The normalized spacial score (nSPS) is 13.6. The molecule has 1 N–H and O–H groups in total. The molecule has 60 heavy (non-hydrogen) atoms. The summed E-state index contributed by atoms with van der Waals surface area (Å²) in [7, 11) is 1.43. The van der Waals surface area contributed by atoms with E-state index in [1.165, 1.54) is 186 Å². The zero-order valence-corrected chi connectivity index (χ0v) is 40.9. The van der Waals surface area contributed by atoms with E-state index in [9.17, 15) is 19.0 Å². The summed E-state index contributed by atoms with van der Waals surface area (Å²) in [4.78, 5) is 35.3. The van der Waals surface area contributed by atoms with Crippen LogP contribution >= 0.6 is 7.82 Å². The van der Waals surface area contributed by atoms with Crippen LogP contribution in [0.5, 0.6) is 0 Å². The number of carbonyl (C=O) groups excluding carboxylic acids is 2. The van der Waals surface area contributed by atoms with E-state index in [1.807, 2.05) is 33.3 Å². The number of allylic oxidation sites excluding steroid dienone is 3. The number of hydrogen-bond donors (Lipinski definition) is 1. The Morgan fingerprint density at radius 3 is 1.37 bits per heavy atom. The smallest absolute Gasteiger partial charge is 0.462 e. The Labute approximate surface area is 370 Å². The monoisotopic (exact) mass is 871 g/mol. The Hall–Kier alpha value is -1.51. The molecule has 10 heteroatoms. The number of phosphoric acid groups is 1. The maximum absolute atomic E-state index is 12.6. The third kappa shape index (κ3) is 46.0. The van der Waals surface area contributed by atoms with Crippen LogP contribution in [0.15, 0.2) is 24.3 Å². The molecule has 0 aromatic rings. The van der Waals surface area contributed by atoms with Gasteiger partial charge in [0.2, 0.25) is 0 Å². The van der Waals surface area contributed by atoms with Crippen LogP contribution in [0.1, 0.15) is 232 Å². The van der Waals surface area contributed by atoms with Crippen LogP contribution in [0.25, 0.3) is 0 Å². The standard InChI is InChI=1S/C50H96NO8P/c1-6-8-10-12-14-16-18-20-22-23-24-25-26-27-29-30-32-34-36-38-40-42-49(52)56-46-48(47-58-60(54,55)57-45-44-51(3,4)5)59-50(53)43-41-39-37-35-33-31-28-21-19-17-15-13-11-9-7-2/h37,39,41,43,48H,6-36,38,40,42,44-47H2,1-5H3/p+1/b39-37+,43-41+/t48-/m0/s1. The fourth-order valence-corrected chi connectivity index (χ4v) is 7.90. The molecule has 9 nitrogen and oxygen atoms in total. The molecule has 0 radical (unpaired) electrons. The van der Waals surface area contributed by atoms with Gasteiger partial charge in [-0.3, -0.25) is 13.8 Å². The number of quaternary nitrogens is 1. The van der Waals surface area contributed by atoms with E-state index in [1.54, 1.807) is 6.08 Å². The number of phosphoric ester groups is 1. The fourth-order valence-electron chi connectivity index (χ4n) is 7.16. The van der Waals surface area contributed by atoms with Crippen molar-refractivity contribution in [2.75, 3.05) is 47.5 Å². The summed E-state index contributed by atoms with van der Waals surface area (Å²) >= 11 is 0. The van der Waals surface area contributed by atoms with Crippen molar-refractivity contribution in [1.82, 2.24) is 0 Å². The Balaban J connectivity index is 4.28. The van der Waals surface area contributed by atoms with E-state index in [0.717, 1.165) is 32.1 Å². The minimum absolute atomic E-state index is 0.0183. The van der Waals surface area contributed by atoms with Crippen LogP contribution in [0.2, 0.25) is 0 Å². The summed E-state index contributed by atoms with van der Waals surface area (Å²) in [6.07, 6.45) is 48.7. The summed E-state index contributed by atoms with van der Waals surface area (Å²) < 4.78 is 34.2. The Kier molecular flexibility index (Phi) is 41.7. The van der Waals surface area contributed by atoms with Crippen molar-refractivity contribution in [2.24, 2.45) is 0 Å². The maximum atomic E-state index is 12.6. The van der Waals surface area contributed by atoms with Crippen LogP contribution < -0.4 is 0 Å². The highest BCUT2D eigenvalue weighted by atomic mass is 31.2. The van der Waals surface area contributed by atoms with Crippen LogP contribution in [0, 0.1) is 0 Å².